The van der Waals surface area contributed by atoms with Gasteiger partial charge in [0.1, 0.15) is 0 Å². The van der Waals surface area contributed by atoms with E-state index in [0.717, 1.165) is 29.7 Å². The largest absolute Gasteiger partial charge is 0.388 e. The van der Waals surface area contributed by atoms with Gasteiger partial charge in [0, 0.05) is 5.41 Å². The highest BCUT2D eigenvalue weighted by atomic mass is 16.3. The van der Waals surface area contributed by atoms with Gasteiger partial charge < -0.3 is 5.11 Å². The number of aryl methyl sites for hydroxylation is 1. The minimum Gasteiger partial charge on any atom is -0.388 e. The van der Waals surface area contributed by atoms with Gasteiger partial charge >= 0.3 is 0 Å². The van der Waals surface area contributed by atoms with E-state index >= 15 is 0 Å². The summed E-state index contributed by atoms with van der Waals surface area (Å²) in [7, 11) is 0. The monoisotopic (exact) mass is 270 g/mol. The fourth-order valence-electron chi connectivity index (χ4n) is 5.80. The van der Waals surface area contributed by atoms with Crippen LogP contribution in [0.15, 0.2) is 24.3 Å². The summed E-state index contributed by atoms with van der Waals surface area (Å²) in [6.07, 6.45) is 9.00. The first kappa shape index (κ1) is 12.9. The lowest BCUT2D eigenvalue weighted by molar-refractivity contribution is -0.122. The maximum absolute atomic E-state index is 11.0. The van der Waals surface area contributed by atoms with Crippen LogP contribution in [0.25, 0.3) is 0 Å². The van der Waals surface area contributed by atoms with E-state index in [0.29, 0.717) is 0 Å². The Morgan fingerprint density at radius 2 is 1.50 bits per heavy atom. The molecule has 1 heteroatoms. The summed E-state index contributed by atoms with van der Waals surface area (Å²) in [4.78, 5) is 0. The van der Waals surface area contributed by atoms with Crippen LogP contribution in [0.4, 0.5) is 0 Å². The SMILES string of the molecule is CCc1ccc(C(O)C23CC4CC(CC(C4)C2)C3)cc1. The van der Waals surface area contributed by atoms with E-state index in [-0.39, 0.29) is 11.5 Å². The lowest BCUT2D eigenvalue weighted by Gasteiger charge is -2.58. The maximum Gasteiger partial charge on any atom is 0.0846 e. The number of rotatable bonds is 3. The van der Waals surface area contributed by atoms with Crippen molar-refractivity contribution >= 4 is 0 Å². The zero-order valence-electron chi connectivity index (χ0n) is 12.5. The zero-order chi connectivity index (χ0) is 13.7. The number of benzene rings is 1. The molecule has 0 saturated heterocycles. The zero-order valence-corrected chi connectivity index (χ0v) is 12.5. The molecule has 0 aliphatic heterocycles. The van der Waals surface area contributed by atoms with Gasteiger partial charge in [-0.3, -0.25) is 0 Å². The average Bonchev–Trinajstić information content (AvgIpc) is 2.45. The Hall–Kier alpha value is -0.820. The van der Waals surface area contributed by atoms with Gasteiger partial charge in [-0.15, -0.1) is 0 Å². The van der Waals surface area contributed by atoms with Crippen LogP contribution in [0.1, 0.15) is 62.7 Å². The summed E-state index contributed by atoms with van der Waals surface area (Å²) < 4.78 is 0. The lowest BCUT2D eigenvalue weighted by atomic mass is 9.47. The van der Waals surface area contributed by atoms with Crippen molar-refractivity contribution in [1.82, 2.24) is 0 Å². The van der Waals surface area contributed by atoms with E-state index in [1.165, 1.54) is 44.1 Å². The standard InChI is InChI=1S/C19H26O/c1-2-13-3-5-17(6-4-13)18(20)19-10-14-7-15(11-19)9-16(8-14)12-19/h3-6,14-16,18,20H,2,7-12H2,1H3. The molecule has 4 fully saturated rings. The average molecular weight is 270 g/mol. The van der Waals surface area contributed by atoms with Crippen molar-refractivity contribution in [3.8, 4) is 0 Å². The topological polar surface area (TPSA) is 20.2 Å². The maximum atomic E-state index is 11.0. The fourth-order valence-corrected chi connectivity index (χ4v) is 5.80. The van der Waals surface area contributed by atoms with Crippen LogP contribution < -0.4 is 0 Å². The first-order valence-electron chi connectivity index (χ1n) is 8.45. The van der Waals surface area contributed by atoms with Gasteiger partial charge in [0.05, 0.1) is 6.10 Å². The highest BCUT2D eigenvalue weighted by Crippen LogP contribution is 2.63. The summed E-state index contributed by atoms with van der Waals surface area (Å²) in [5.74, 6) is 2.72. The van der Waals surface area contributed by atoms with Gasteiger partial charge in [0.25, 0.3) is 0 Å². The van der Waals surface area contributed by atoms with Crippen LogP contribution in [0, 0.1) is 23.2 Å². The lowest BCUT2D eigenvalue weighted by Crippen LogP contribution is -2.48. The molecule has 1 unspecified atom stereocenters. The third-order valence-electron chi connectivity index (χ3n) is 6.37. The summed E-state index contributed by atoms with van der Waals surface area (Å²) in [6.45, 7) is 2.19. The summed E-state index contributed by atoms with van der Waals surface area (Å²) in [5, 5.41) is 11.0. The van der Waals surface area contributed by atoms with E-state index in [4.69, 9.17) is 0 Å². The predicted molar refractivity (Wildman–Crippen MR) is 81.4 cm³/mol. The molecule has 1 N–H and O–H groups in total. The van der Waals surface area contributed by atoms with Gasteiger partial charge in [-0.1, -0.05) is 31.2 Å². The van der Waals surface area contributed by atoms with Crippen LogP contribution in [0.3, 0.4) is 0 Å². The van der Waals surface area contributed by atoms with Crippen molar-refractivity contribution in [2.45, 2.75) is 58.0 Å². The highest BCUT2D eigenvalue weighted by Gasteiger charge is 2.54. The molecule has 0 amide bonds. The molecule has 4 aliphatic carbocycles. The van der Waals surface area contributed by atoms with Gasteiger partial charge in [0.15, 0.2) is 0 Å². The van der Waals surface area contributed by atoms with Crippen LogP contribution in [0.2, 0.25) is 0 Å². The Morgan fingerprint density at radius 1 is 1.00 bits per heavy atom. The number of hydrogen-bond acceptors (Lipinski definition) is 1. The minimum atomic E-state index is -0.234. The molecule has 0 heterocycles. The van der Waals surface area contributed by atoms with Crippen molar-refractivity contribution in [3.05, 3.63) is 35.4 Å². The van der Waals surface area contributed by atoms with Gasteiger partial charge in [-0.2, -0.15) is 0 Å². The fraction of sp³-hybridized carbons (Fsp3) is 0.684. The third kappa shape index (κ3) is 1.94. The molecule has 4 saturated carbocycles. The molecule has 5 rings (SSSR count). The molecule has 0 radical (unpaired) electrons. The molecule has 4 aliphatic rings. The summed E-state index contributed by atoms with van der Waals surface area (Å²) >= 11 is 0. The van der Waals surface area contributed by atoms with Crippen molar-refractivity contribution in [2.24, 2.45) is 23.2 Å². The van der Waals surface area contributed by atoms with E-state index in [1.54, 1.807) is 0 Å². The predicted octanol–water partition coefficient (Wildman–Crippen LogP) is 4.50. The van der Waals surface area contributed by atoms with Crippen LogP contribution in [-0.4, -0.2) is 5.11 Å². The smallest absolute Gasteiger partial charge is 0.0846 e. The second kappa shape index (κ2) is 4.59. The Labute approximate surface area is 122 Å². The number of aliphatic hydroxyl groups excluding tert-OH is 1. The molecule has 1 nitrogen and oxygen atoms in total. The number of hydrogen-bond donors (Lipinski definition) is 1. The van der Waals surface area contributed by atoms with E-state index < -0.39 is 0 Å². The van der Waals surface area contributed by atoms with E-state index in [2.05, 4.69) is 31.2 Å². The van der Waals surface area contributed by atoms with Crippen molar-refractivity contribution in [1.29, 1.82) is 0 Å². The Bertz CT molecular complexity index is 452. The Morgan fingerprint density at radius 3 is 1.95 bits per heavy atom. The molecule has 4 bridgehead atoms. The molecular formula is C19H26O. The first-order valence-corrected chi connectivity index (χ1v) is 8.45. The van der Waals surface area contributed by atoms with Crippen LogP contribution in [0.5, 0.6) is 0 Å². The third-order valence-corrected chi connectivity index (χ3v) is 6.37. The second-order valence-corrected chi connectivity index (χ2v) is 7.78. The van der Waals surface area contributed by atoms with E-state index in [1.807, 2.05) is 0 Å². The summed E-state index contributed by atoms with van der Waals surface area (Å²) in [6, 6.07) is 8.72. The molecular weight excluding hydrogens is 244 g/mol. The minimum absolute atomic E-state index is 0.211. The molecule has 20 heavy (non-hydrogen) atoms. The molecule has 1 aromatic carbocycles. The van der Waals surface area contributed by atoms with Crippen molar-refractivity contribution in [3.63, 3.8) is 0 Å². The first-order chi connectivity index (χ1) is 9.68. The van der Waals surface area contributed by atoms with Gasteiger partial charge in [-0.25, -0.2) is 0 Å². The Kier molecular flexibility index (Phi) is 2.96. The summed E-state index contributed by atoms with van der Waals surface area (Å²) in [5.41, 5.74) is 2.73. The molecule has 1 atom stereocenters. The van der Waals surface area contributed by atoms with Crippen LogP contribution >= 0.6 is 0 Å². The normalized spacial score (nSPS) is 40.0. The van der Waals surface area contributed by atoms with Crippen molar-refractivity contribution in [2.75, 3.05) is 0 Å². The van der Waals surface area contributed by atoms with E-state index in [9.17, 15) is 5.11 Å². The van der Waals surface area contributed by atoms with Crippen molar-refractivity contribution < 1.29 is 5.11 Å². The molecule has 0 aromatic heterocycles. The highest BCUT2D eigenvalue weighted by molar-refractivity contribution is 5.26. The molecule has 108 valence electrons. The second-order valence-electron chi connectivity index (χ2n) is 7.78. The van der Waals surface area contributed by atoms with Gasteiger partial charge in [0.2, 0.25) is 0 Å². The number of aliphatic hydroxyl groups is 1. The Balaban J connectivity index is 1.62. The molecule has 0 spiro atoms. The quantitative estimate of drug-likeness (QED) is 0.857. The van der Waals surface area contributed by atoms with Gasteiger partial charge in [-0.05, 0) is 73.8 Å². The van der Waals surface area contributed by atoms with Crippen LogP contribution in [-0.2, 0) is 6.42 Å². The molecule has 1 aromatic rings.